The minimum Gasteiger partial charge on any atom is -0.481 e. The number of nitrogens with two attached hydrogens (primary N) is 1. The van der Waals surface area contributed by atoms with Gasteiger partial charge in [-0.05, 0) is 37.8 Å². The van der Waals surface area contributed by atoms with Gasteiger partial charge in [0.2, 0.25) is 0 Å². The minimum absolute atomic E-state index is 0.264. The molecule has 92 valence electrons. The number of H-pyrrole nitrogens is 1. The fraction of sp³-hybridized carbons (Fsp3) is 0.545. The molecule has 2 rings (SSSR count). The average Bonchev–Trinajstić information content (AvgIpc) is 2.72. The highest BCUT2D eigenvalue weighted by atomic mass is 16.4. The van der Waals surface area contributed by atoms with E-state index in [-0.39, 0.29) is 6.54 Å². The Hall–Kier alpha value is -1.69. The maximum atomic E-state index is 11.4. The molecule has 0 bridgehead atoms. The van der Waals surface area contributed by atoms with Crippen LogP contribution in [0.5, 0.6) is 0 Å². The van der Waals surface area contributed by atoms with Crippen LogP contribution in [0.1, 0.15) is 35.7 Å². The van der Waals surface area contributed by atoms with Crippen molar-refractivity contribution in [3.8, 4) is 0 Å². The van der Waals surface area contributed by atoms with Crippen LogP contribution in [0.2, 0.25) is 0 Å². The van der Waals surface area contributed by atoms with Gasteiger partial charge in [0.15, 0.2) is 0 Å². The molecule has 0 radical (unpaired) electrons. The molecule has 17 heavy (non-hydrogen) atoms. The molecule has 0 saturated heterocycles. The van der Waals surface area contributed by atoms with Crippen molar-refractivity contribution in [2.24, 2.45) is 5.73 Å². The van der Waals surface area contributed by atoms with Gasteiger partial charge in [-0.2, -0.15) is 4.98 Å². The highest BCUT2D eigenvalue weighted by Crippen LogP contribution is 2.27. The van der Waals surface area contributed by atoms with E-state index in [4.69, 9.17) is 5.73 Å². The van der Waals surface area contributed by atoms with Crippen LogP contribution < -0.4 is 11.4 Å². The van der Waals surface area contributed by atoms with Crippen LogP contribution in [-0.2, 0) is 17.6 Å². The van der Waals surface area contributed by atoms with Crippen LogP contribution in [0.3, 0.4) is 0 Å². The Balaban J connectivity index is 2.49. The van der Waals surface area contributed by atoms with Gasteiger partial charge in [0.1, 0.15) is 5.92 Å². The van der Waals surface area contributed by atoms with Gasteiger partial charge >= 0.3 is 11.7 Å². The van der Waals surface area contributed by atoms with Gasteiger partial charge in [0.25, 0.3) is 0 Å². The van der Waals surface area contributed by atoms with E-state index in [1.165, 1.54) is 0 Å². The number of nitrogens with one attached hydrogen (secondary N) is 1. The predicted molar refractivity (Wildman–Crippen MR) is 60.9 cm³/mol. The summed E-state index contributed by atoms with van der Waals surface area (Å²) >= 11 is 0. The second kappa shape index (κ2) is 4.67. The first-order chi connectivity index (χ1) is 8.13. The molecule has 0 aliphatic heterocycles. The van der Waals surface area contributed by atoms with Gasteiger partial charge in [0, 0.05) is 5.69 Å². The molecule has 4 N–H and O–H groups in total. The smallest absolute Gasteiger partial charge is 0.345 e. The maximum Gasteiger partial charge on any atom is 0.345 e. The van der Waals surface area contributed by atoms with E-state index in [9.17, 15) is 14.7 Å². The average molecular weight is 237 g/mol. The molecule has 0 saturated carbocycles. The van der Waals surface area contributed by atoms with Gasteiger partial charge < -0.3 is 15.8 Å². The van der Waals surface area contributed by atoms with E-state index in [0.717, 1.165) is 30.5 Å². The Morgan fingerprint density at radius 1 is 1.53 bits per heavy atom. The number of aryl methyl sites for hydroxylation is 1. The number of rotatable bonds is 4. The van der Waals surface area contributed by atoms with E-state index >= 15 is 0 Å². The summed E-state index contributed by atoms with van der Waals surface area (Å²) in [7, 11) is 0. The molecular weight excluding hydrogens is 222 g/mol. The molecular formula is C11H15N3O3. The van der Waals surface area contributed by atoms with Crippen molar-refractivity contribution in [1.29, 1.82) is 0 Å². The zero-order chi connectivity index (χ0) is 12.4. The number of nitrogens with zero attached hydrogens (tertiary/aromatic N) is 1. The Labute approximate surface area is 97.9 Å². The molecule has 1 atom stereocenters. The standard InChI is InChI=1S/C11H15N3O3/c12-5-4-7(10(15)16)9-6-2-1-3-8(6)13-11(17)14-9/h7H,1-5,12H2,(H,15,16)(H,13,14,17). The number of carboxylic acid groups (broad SMARTS) is 1. The molecule has 6 nitrogen and oxygen atoms in total. The van der Waals surface area contributed by atoms with Crippen molar-refractivity contribution in [3.05, 3.63) is 27.4 Å². The Bertz CT molecular complexity index is 495. The number of fused-ring (bicyclic) bond motifs is 1. The third kappa shape index (κ3) is 2.21. The van der Waals surface area contributed by atoms with Crippen molar-refractivity contribution in [1.82, 2.24) is 9.97 Å². The number of carboxylic acids is 1. The van der Waals surface area contributed by atoms with E-state index in [0.29, 0.717) is 12.1 Å². The summed E-state index contributed by atoms with van der Waals surface area (Å²) in [6.45, 7) is 0.264. The lowest BCUT2D eigenvalue weighted by Crippen LogP contribution is -2.24. The SMILES string of the molecule is NCCC(C(=O)O)c1nc(=O)[nH]c2c1CCC2. The molecule has 1 aromatic rings. The number of carbonyl (C=O) groups is 1. The lowest BCUT2D eigenvalue weighted by molar-refractivity contribution is -0.139. The summed E-state index contributed by atoms with van der Waals surface area (Å²) in [5.74, 6) is -1.74. The summed E-state index contributed by atoms with van der Waals surface area (Å²) in [5.41, 5.74) is 7.07. The topological polar surface area (TPSA) is 109 Å². The van der Waals surface area contributed by atoms with Gasteiger partial charge in [-0.25, -0.2) is 4.79 Å². The quantitative estimate of drug-likeness (QED) is 0.670. The molecule has 1 aliphatic carbocycles. The van der Waals surface area contributed by atoms with Crippen LogP contribution >= 0.6 is 0 Å². The number of aliphatic carboxylic acids is 1. The highest BCUT2D eigenvalue weighted by Gasteiger charge is 2.27. The van der Waals surface area contributed by atoms with E-state index < -0.39 is 17.6 Å². The molecule has 0 fully saturated rings. The highest BCUT2D eigenvalue weighted by molar-refractivity contribution is 5.76. The summed E-state index contributed by atoms with van der Waals surface area (Å²) in [4.78, 5) is 29.1. The Morgan fingerprint density at radius 2 is 2.29 bits per heavy atom. The Morgan fingerprint density at radius 3 is 2.94 bits per heavy atom. The summed E-state index contributed by atoms with van der Waals surface area (Å²) in [5, 5.41) is 9.17. The molecule has 1 unspecified atom stereocenters. The number of hydrogen-bond donors (Lipinski definition) is 3. The van der Waals surface area contributed by atoms with Crippen molar-refractivity contribution in [2.75, 3.05) is 6.54 Å². The molecule has 1 aliphatic rings. The van der Waals surface area contributed by atoms with Crippen LogP contribution in [0.4, 0.5) is 0 Å². The summed E-state index contributed by atoms with van der Waals surface area (Å²) in [6.07, 6.45) is 2.80. The Kier molecular flexibility index (Phi) is 3.23. The zero-order valence-corrected chi connectivity index (χ0v) is 9.40. The first-order valence-electron chi connectivity index (χ1n) is 5.68. The number of aromatic amines is 1. The normalized spacial score (nSPS) is 15.6. The molecule has 1 aromatic heterocycles. The van der Waals surface area contributed by atoms with E-state index in [1.807, 2.05) is 0 Å². The number of aromatic nitrogens is 2. The fourth-order valence-corrected chi connectivity index (χ4v) is 2.33. The second-order valence-corrected chi connectivity index (χ2v) is 4.21. The van der Waals surface area contributed by atoms with Crippen LogP contribution in [-0.4, -0.2) is 27.6 Å². The van der Waals surface area contributed by atoms with Crippen molar-refractivity contribution >= 4 is 5.97 Å². The van der Waals surface area contributed by atoms with Gasteiger partial charge in [0.05, 0.1) is 5.69 Å². The fourth-order valence-electron chi connectivity index (χ4n) is 2.33. The largest absolute Gasteiger partial charge is 0.481 e. The van der Waals surface area contributed by atoms with Crippen LogP contribution in [0.15, 0.2) is 4.79 Å². The molecule has 6 heteroatoms. The zero-order valence-electron chi connectivity index (χ0n) is 9.40. The van der Waals surface area contributed by atoms with Crippen molar-refractivity contribution < 1.29 is 9.90 Å². The monoisotopic (exact) mass is 237 g/mol. The number of hydrogen-bond acceptors (Lipinski definition) is 4. The summed E-state index contributed by atoms with van der Waals surface area (Å²) in [6, 6.07) is 0. The van der Waals surface area contributed by atoms with E-state index in [1.54, 1.807) is 0 Å². The first kappa shape index (κ1) is 11.8. The molecule has 0 amide bonds. The third-order valence-electron chi connectivity index (χ3n) is 3.09. The minimum atomic E-state index is -0.970. The van der Waals surface area contributed by atoms with Crippen molar-refractivity contribution in [2.45, 2.75) is 31.6 Å². The molecule has 0 spiro atoms. The van der Waals surface area contributed by atoms with Crippen molar-refractivity contribution in [3.63, 3.8) is 0 Å². The van der Waals surface area contributed by atoms with Gasteiger partial charge in [-0.1, -0.05) is 0 Å². The molecule has 1 heterocycles. The summed E-state index contributed by atoms with van der Waals surface area (Å²) < 4.78 is 0. The lowest BCUT2D eigenvalue weighted by Gasteiger charge is -2.13. The second-order valence-electron chi connectivity index (χ2n) is 4.21. The first-order valence-corrected chi connectivity index (χ1v) is 5.68. The molecule has 0 aromatic carbocycles. The predicted octanol–water partition coefficient (Wildman–Crippen LogP) is -0.224. The van der Waals surface area contributed by atoms with Gasteiger partial charge in [-0.15, -0.1) is 0 Å². The van der Waals surface area contributed by atoms with Crippen LogP contribution in [0.25, 0.3) is 0 Å². The third-order valence-corrected chi connectivity index (χ3v) is 3.09. The maximum absolute atomic E-state index is 11.4. The lowest BCUT2D eigenvalue weighted by atomic mass is 9.96. The van der Waals surface area contributed by atoms with Crippen LogP contribution in [0, 0.1) is 0 Å². The van der Waals surface area contributed by atoms with Gasteiger partial charge in [-0.3, -0.25) is 4.79 Å². The van der Waals surface area contributed by atoms with E-state index in [2.05, 4.69) is 9.97 Å².